The smallest absolute Gasteiger partial charge is 0.410 e. The Kier molecular flexibility index (Phi) is 10.1. The number of benzene rings is 2. The zero-order valence-corrected chi connectivity index (χ0v) is 29.9. The number of nitrogens with one attached hydrogen (secondary N) is 1. The third-order valence-electron chi connectivity index (χ3n) is 8.74. The topological polar surface area (TPSA) is 120 Å². The molecule has 2 aromatic carbocycles. The zero-order chi connectivity index (χ0) is 34.8. The predicted octanol–water partition coefficient (Wildman–Crippen LogP) is 7.60. The van der Waals surface area contributed by atoms with E-state index < -0.39 is 11.1 Å². The summed E-state index contributed by atoms with van der Waals surface area (Å²) in [5, 5.41) is 4.48. The van der Waals surface area contributed by atoms with Crippen LogP contribution in [0, 0.1) is 0 Å². The van der Waals surface area contributed by atoms with E-state index in [1.807, 2.05) is 64.8 Å². The molecule has 0 atom stereocenters. The van der Waals surface area contributed by atoms with Crippen molar-refractivity contribution >= 4 is 40.0 Å². The number of nitrogens with two attached hydrogens (primary N) is 1. The SMILES string of the molecule is COc1cc(N(C)CCCC(C)(C)N(C(=O)OC(C)(C)C)C(C)C)c(N)cc1Nc1nccc(-c2c3n(c4ccccc24)CCOC3)n1. The van der Waals surface area contributed by atoms with Crippen molar-refractivity contribution in [2.45, 2.75) is 91.6 Å². The highest BCUT2D eigenvalue weighted by atomic mass is 16.6. The molecule has 0 bridgehead atoms. The lowest BCUT2D eigenvalue weighted by Gasteiger charge is -2.42. The fraction of sp³-hybridized carbons (Fsp3) is 0.486. The molecule has 11 heteroatoms. The Morgan fingerprint density at radius 1 is 1.15 bits per heavy atom. The molecular weight excluding hydrogens is 606 g/mol. The highest BCUT2D eigenvalue weighted by Gasteiger charge is 2.35. The number of fused-ring (bicyclic) bond motifs is 3. The highest BCUT2D eigenvalue weighted by Crippen LogP contribution is 2.39. The Morgan fingerprint density at radius 2 is 1.90 bits per heavy atom. The lowest BCUT2D eigenvalue weighted by atomic mass is 9.94. The van der Waals surface area contributed by atoms with E-state index in [2.05, 4.69) is 57.9 Å². The van der Waals surface area contributed by atoms with Gasteiger partial charge in [0.2, 0.25) is 5.95 Å². The van der Waals surface area contributed by atoms with Gasteiger partial charge in [0, 0.05) is 60.4 Å². The molecule has 0 unspecified atom stereocenters. The summed E-state index contributed by atoms with van der Waals surface area (Å²) in [4.78, 5) is 26.5. The van der Waals surface area contributed by atoms with Gasteiger partial charge in [-0.1, -0.05) is 18.2 Å². The number of carbonyl (C=O) groups excluding carboxylic acids is 1. The molecule has 3 N–H and O–H groups in total. The van der Waals surface area contributed by atoms with Gasteiger partial charge in [-0.3, -0.25) is 0 Å². The fourth-order valence-corrected chi connectivity index (χ4v) is 6.69. The van der Waals surface area contributed by atoms with E-state index in [4.69, 9.17) is 24.9 Å². The van der Waals surface area contributed by atoms with E-state index >= 15 is 0 Å². The predicted molar refractivity (Wildman–Crippen MR) is 193 cm³/mol. The van der Waals surface area contributed by atoms with E-state index in [9.17, 15) is 4.79 Å². The second kappa shape index (κ2) is 13.9. The number of methoxy groups -OCH3 is 1. The van der Waals surface area contributed by atoms with Crippen LogP contribution in [0.2, 0.25) is 0 Å². The maximum atomic E-state index is 13.1. The van der Waals surface area contributed by atoms with Crippen LogP contribution in [0.25, 0.3) is 22.2 Å². The molecule has 0 aliphatic carbocycles. The molecule has 1 amide bonds. The number of hydrogen-bond acceptors (Lipinski definition) is 9. The van der Waals surface area contributed by atoms with Gasteiger partial charge in [0.1, 0.15) is 11.4 Å². The summed E-state index contributed by atoms with van der Waals surface area (Å²) in [6, 6.07) is 14.1. The van der Waals surface area contributed by atoms with Crippen LogP contribution in [0.3, 0.4) is 0 Å². The number of carbonyl (C=O) groups is 1. The number of hydrogen-bond donors (Lipinski definition) is 2. The van der Waals surface area contributed by atoms with Gasteiger partial charge < -0.3 is 39.6 Å². The minimum absolute atomic E-state index is 0.000467. The van der Waals surface area contributed by atoms with Crippen molar-refractivity contribution in [2.75, 3.05) is 43.3 Å². The van der Waals surface area contributed by atoms with Gasteiger partial charge in [0.15, 0.2) is 0 Å². The molecule has 0 saturated carbocycles. The van der Waals surface area contributed by atoms with Crippen LogP contribution in [0.1, 0.15) is 67.0 Å². The number of ether oxygens (including phenoxy) is 3. The summed E-state index contributed by atoms with van der Waals surface area (Å²) in [5.74, 6) is 1.06. The van der Waals surface area contributed by atoms with Crippen LogP contribution in [0.4, 0.5) is 27.8 Å². The molecule has 0 fully saturated rings. The Bertz CT molecular complexity index is 1760. The van der Waals surface area contributed by atoms with Crippen molar-refractivity contribution in [3.05, 3.63) is 54.4 Å². The monoisotopic (exact) mass is 657 g/mol. The normalized spacial score (nSPS) is 13.4. The number of para-hydroxylation sites is 1. The van der Waals surface area contributed by atoms with Gasteiger partial charge >= 0.3 is 6.09 Å². The lowest BCUT2D eigenvalue weighted by molar-refractivity contribution is -0.00845. The average Bonchev–Trinajstić information content (AvgIpc) is 3.34. The summed E-state index contributed by atoms with van der Waals surface area (Å²) >= 11 is 0. The van der Waals surface area contributed by atoms with Crippen LogP contribution in [0.5, 0.6) is 5.75 Å². The molecule has 0 spiro atoms. The van der Waals surface area contributed by atoms with Crippen LogP contribution in [-0.2, 0) is 22.6 Å². The molecule has 48 heavy (non-hydrogen) atoms. The first-order valence-corrected chi connectivity index (χ1v) is 16.7. The third kappa shape index (κ3) is 7.46. The molecule has 0 radical (unpaired) electrons. The molecule has 11 nitrogen and oxygen atoms in total. The standard InChI is InChI=1S/C37H51N7O4/c1-24(2)44(35(45)48-36(3,4)5)37(6,7)16-12-18-42(8)30-22-32(46-9)28(21-26(30)38)41-34-39-17-15-27(40-34)33-25-13-10-11-14-29(25)43-19-20-47-23-31(33)43/h10-11,13-15,17,21-22,24H,12,16,18-20,23,38H2,1-9H3,(H,39,40,41). The van der Waals surface area contributed by atoms with Crippen molar-refractivity contribution in [3.8, 4) is 17.0 Å². The number of nitrogens with zero attached hydrogens (tertiary/aromatic N) is 5. The summed E-state index contributed by atoms with van der Waals surface area (Å²) < 4.78 is 19.7. The minimum Gasteiger partial charge on any atom is -0.494 e. The molecule has 1 aliphatic heterocycles. The maximum absolute atomic E-state index is 13.1. The van der Waals surface area contributed by atoms with Crippen LogP contribution in [0.15, 0.2) is 48.7 Å². The average molecular weight is 658 g/mol. The Balaban J connectivity index is 1.31. The van der Waals surface area contributed by atoms with Gasteiger partial charge in [-0.05, 0) is 79.5 Å². The van der Waals surface area contributed by atoms with E-state index in [1.165, 1.54) is 5.52 Å². The van der Waals surface area contributed by atoms with Gasteiger partial charge in [0.05, 0.1) is 48.8 Å². The van der Waals surface area contributed by atoms with E-state index in [0.29, 0.717) is 36.3 Å². The quantitative estimate of drug-likeness (QED) is 0.157. The molecule has 2 aromatic heterocycles. The largest absolute Gasteiger partial charge is 0.494 e. The van der Waals surface area contributed by atoms with E-state index in [-0.39, 0.29) is 12.1 Å². The van der Waals surface area contributed by atoms with Crippen molar-refractivity contribution in [1.29, 1.82) is 0 Å². The number of nitrogen functional groups attached to an aromatic ring is 1. The van der Waals surface area contributed by atoms with E-state index in [1.54, 1.807) is 13.3 Å². The lowest BCUT2D eigenvalue weighted by Crippen LogP contribution is -2.53. The summed E-state index contributed by atoms with van der Waals surface area (Å²) in [5.41, 5.74) is 12.0. The van der Waals surface area contributed by atoms with Crippen LogP contribution in [-0.4, -0.2) is 70.0 Å². The van der Waals surface area contributed by atoms with Crippen LogP contribution >= 0.6 is 0 Å². The Morgan fingerprint density at radius 3 is 2.60 bits per heavy atom. The van der Waals surface area contributed by atoms with E-state index in [0.717, 1.165) is 54.0 Å². The molecule has 3 heterocycles. The molecule has 0 saturated heterocycles. The van der Waals surface area contributed by atoms with Crippen molar-refractivity contribution in [3.63, 3.8) is 0 Å². The van der Waals surface area contributed by atoms with Gasteiger partial charge in [-0.25, -0.2) is 14.8 Å². The van der Waals surface area contributed by atoms with Gasteiger partial charge in [-0.15, -0.1) is 0 Å². The number of anilines is 4. The molecule has 1 aliphatic rings. The number of amides is 1. The van der Waals surface area contributed by atoms with Gasteiger partial charge in [0.25, 0.3) is 0 Å². The molecule has 4 aromatic rings. The molecular formula is C37H51N7O4. The van der Waals surface area contributed by atoms with Crippen molar-refractivity contribution in [1.82, 2.24) is 19.4 Å². The van der Waals surface area contributed by atoms with Crippen molar-refractivity contribution in [2.24, 2.45) is 0 Å². The summed E-state index contributed by atoms with van der Waals surface area (Å²) in [6.07, 6.45) is 3.08. The first-order valence-electron chi connectivity index (χ1n) is 16.7. The first kappa shape index (κ1) is 34.8. The Hall–Kier alpha value is -4.51. The maximum Gasteiger partial charge on any atom is 0.410 e. The number of rotatable bonds is 11. The zero-order valence-electron chi connectivity index (χ0n) is 29.9. The summed E-state index contributed by atoms with van der Waals surface area (Å²) in [6.45, 7) is 16.7. The number of aromatic nitrogens is 3. The molecule has 5 rings (SSSR count). The third-order valence-corrected chi connectivity index (χ3v) is 8.74. The first-order chi connectivity index (χ1) is 22.7. The molecule has 258 valence electrons. The summed E-state index contributed by atoms with van der Waals surface area (Å²) in [7, 11) is 3.65. The minimum atomic E-state index is -0.556. The second-order valence-electron chi connectivity index (χ2n) is 14.3. The van der Waals surface area contributed by atoms with Crippen molar-refractivity contribution < 1.29 is 19.0 Å². The van der Waals surface area contributed by atoms with Gasteiger partial charge in [-0.2, -0.15) is 0 Å². The Labute approximate surface area is 284 Å². The highest BCUT2D eigenvalue weighted by molar-refractivity contribution is 5.97. The van der Waals surface area contributed by atoms with Crippen LogP contribution < -0.4 is 20.7 Å². The second-order valence-corrected chi connectivity index (χ2v) is 14.3. The fourth-order valence-electron chi connectivity index (χ4n) is 6.69.